The van der Waals surface area contributed by atoms with Crippen LogP contribution in [0.4, 0.5) is 17.1 Å². The molecule has 0 unspecified atom stereocenters. The van der Waals surface area contributed by atoms with Gasteiger partial charge in [-0.25, -0.2) is 0 Å². The number of nitrogens with zero attached hydrogens (tertiary/aromatic N) is 1. The Hall–Kier alpha value is -8.00. The number of rotatable bonds is 4. The van der Waals surface area contributed by atoms with Gasteiger partial charge in [0, 0.05) is 22.2 Å². The van der Waals surface area contributed by atoms with Gasteiger partial charge in [0.25, 0.3) is 0 Å². The third-order valence-electron chi connectivity index (χ3n) is 15.8. The number of benzene rings is 10. The van der Waals surface area contributed by atoms with E-state index in [4.69, 9.17) is 0 Å². The molecule has 1 nitrogen and oxygen atoms in total. The Bertz CT molecular complexity index is 3550. The Kier molecular flexibility index (Phi) is 7.66. The van der Waals surface area contributed by atoms with E-state index in [1.807, 2.05) is 0 Å². The van der Waals surface area contributed by atoms with Crippen LogP contribution in [0.25, 0.3) is 44.5 Å². The van der Waals surface area contributed by atoms with Crippen LogP contribution < -0.4 is 4.90 Å². The summed E-state index contributed by atoms with van der Waals surface area (Å²) in [7, 11) is 0. The van der Waals surface area contributed by atoms with Crippen molar-refractivity contribution < 1.29 is 0 Å². The Morgan fingerprint density at radius 3 is 1.24 bits per heavy atom. The molecule has 0 bridgehead atoms. The molecule has 0 radical (unpaired) electrons. The highest BCUT2D eigenvalue weighted by atomic mass is 15.2. The summed E-state index contributed by atoms with van der Waals surface area (Å²) in [6.07, 6.45) is 0. The van der Waals surface area contributed by atoms with Crippen LogP contribution in [0.1, 0.15) is 69.5 Å². The van der Waals surface area contributed by atoms with Gasteiger partial charge in [0.15, 0.2) is 0 Å². The van der Waals surface area contributed by atoms with E-state index in [-0.39, 0.29) is 5.41 Å². The Morgan fingerprint density at radius 1 is 0.273 bits per heavy atom. The van der Waals surface area contributed by atoms with Gasteiger partial charge in [0.1, 0.15) is 0 Å². The van der Waals surface area contributed by atoms with Gasteiger partial charge in [0.2, 0.25) is 0 Å². The Morgan fingerprint density at radius 2 is 0.667 bits per heavy atom. The van der Waals surface area contributed by atoms with Gasteiger partial charge >= 0.3 is 0 Å². The molecule has 0 fully saturated rings. The predicted octanol–water partition coefficient (Wildman–Crippen LogP) is 16.2. The SMILES string of the molecule is CC1(C)c2ccccc2-c2ccc(N(c3ccccc3-c3ccccc3)c3cccc4c3C3(c5ccccc5-c5ccccc53)c3ccccc3C43c4ccccc4-c4ccccc43)cc21. The van der Waals surface area contributed by atoms with Gasteiger partial charge in [-0.3, -0.25) is 0 Å². The van der Waals surface area contributed by atoms with E-state index < -0.39 is 10.8 Å². The summed E-state index contributed by atoms with van der Waals surface area (Å²) < 4.78 is 0. The average Bonchev–Trinajstić information content (AvgIpc) is 3.93. The van der Waals surface area contributed by atoms with Crippen LogP contribution in [0, 0.1) is 0 Å². The molecular weight excluding hydrogens is 795 g/mol. The number of anilines is 3. The quantitative estimate of drug-likeness (QED) is 0.171. The minimum Gasteiger partial charge on any atom is -0.310 e. The first-order valence-corrected chi connectivity index (χ1v) is 23.4. The molecule has 10 aromatic carbocycles. The molecule has 2 spiro atoms. The van der Waals surface area contributed by atoms with Crippen LogP contribution in [-0.4, -0.2) is 0 Å². The first-order chi connectivity index (χ1) is 32.5. The fourth-order valence-electron chi connectivity index (χ4n) is 13.2. The molecule has 0 atom stereocenters. The second kappa shape index (κ2) is 13.5. The Balaban J connectivity index is 1.18. The molecule has 4 aliphatic rings. The van der Waals surface area contributed by atoms with E-state index in [1.165, 1.54) is 106 Å². The summed E-state index contributed by atoms with van der Waals surface area (Å²) in [5.41, 5.74) is 25.5. The van der Waals surface area contributed by atoms with Gasteiger partial charge in [0.05, 0.1) is 22.2 Å². The zero-order chi connectivity index (χ0) is 43.8. The smallest absolute Gasteiger partial charge is 0.0740 e. The van der Waals surface area contributed by atoms with Gasteiger partial charge in [-0.05, 0) is 113 Å². The van der Waals surface area contributed by atoms with E-state index in [1.54, 1.807) is 0 Å². The molecule has 0 saturated carbocycles. The van der Waals surface area contributed by atoms with Crippen LogP contribution in [0.3, 0.4) is 0 Å². The molecule has 1 heteroatoms. The van der Waals surface area contributed by atoms with Crippen molar-refractivity contribution in [2.45, 2.75) is 30.1 Å². The van der Waals surface area contributed by atoms with E-state index in [9.17, 15) is 0 Å². The highest BCUT2D eigenvalue weighted by Gasteiger charge is 2.60. The number of hydrogen-bond donors (Lipinski definition) is 0. The van der Waals surface area contributed by atoms with E-state index in [0.717, 1.165) is 11.4 Å². The lowest BCUT2D eigenvalue weighted by Gasteiger charge is -2.50. The van der Waals surface area contributed by atoms with Crippen LogP contribution in [0.5, 0.6) is 0 Å². The van der Waals surface area contributed by atoms with Crippen LogP contribution in [0.15, 0.2) is 237 Å². The van der Waals surface area contributed by atoms with Crippen molar-refractivity contribution in [2.75, 3.05) is 4.90 Å². The van der Waals surface area contributed by atoms with Crippen molar-refractivity contribution in [3.05, 3.63) is 292 Å². The van der Waals surface area contributed by atoms with Crippen molar-refractivity contribution in [3.8, 4) is 44.5 Å². The maximum atomic E-state index is 2.63. The molecule has 0 N–H and O–H groups in total. The van der Waals surface area contributed by atoms with Crippen LogP contribution in [-0.2, 0) is 16.2 Å². The maximum Gasteiger partial charge on any atom is 0.0740 e. The molecule has 0 saturated heterocycles. The summed E-state index contributed by atoms with van der Waals surface area (Å²) in [4.78, 5) is 2.63. The Labute approximate surface area is 387 Å². The van der Waals surface area contributed by atoms with Gasteiger partial charge < -0.3 is 4.90 Å². The first-order valence-electron chi connectivity index (χ1n) is 23.4. The predicted molar refractivity (Wildman–Crippen MR) is 272 cm³/mol. The standard InChI is InChI=1S/C65H45N/c1-63(2)51-29-12-6-24-45(51)50-40-39-43(41-59(50)63)66(60-37-19-11-23-44(60)42-21-4-3-5-22-42)61-38-20-36-58-62(61)65(54-32-15-9-27-48(54)49-28-10-16-33-55(49)65)57-35-18-17-34-56(57)64(58)52-30-13-7-25-46(52)47-26-8-14-31-53(47)64/h3-41H,1-2H3. The first kappa shape index (κ1) is 37.4. The lowest BCUT2D eigenvalue weighted by atomic mass is 9.52. The number of para-hydroxylation sites is 1. The van der Waals surface area contributed by atoms with Gasteiger partial charge in [-0.15, -0.1) is 0 Å². The third-order valence-corrected chi connectivity index (χ3v) is 15.8. The molecule has 0 amide bonds. The highest BCUT2D eigenvalue weighted by molar-refractivity contribution is 5.99. The zero-order valence-corrected chi connectivity index (χ0v) is 37.0. The van der Waals surface area contributed by atoms with Gasteiger partial charge in [-0.2, -0.15) is 0 Å². The lowest BCUT2D eigenvalue weighted by Crippen LogP contribution is -2.44. The third kappa shape index (κ3) is 4.60. The molecule has 10 aromatic rings. The van der Waals surface area contributed by atoms with Crippen molar-refractivity contribution in [3.63, 3.8) is 0 Å². The largest absolute Gasteiger partial charge is 0.310 e. The van der Waals surface area contributed by atoms with Gasteiger partial charge in [-0.1, -0.05) is 226 Å². The summed E-state index contributed by atoms with van der Waals surface area (Å²) in [6, 6.07) is 89.8. The van der Waals surface area contributed by atoms with E-state index >= 15 is 0 Å². The molecule has 0 aromatic heterocycles. The number of fused-ring (bicyclic) bond motifs is 19. The summed E-state index contributed by atoms with van der Waals surface area (Å²) >= 11 is 0. The topological polar surface area (TPSA) is 3.24 Å². The molecule has 4 aliphatic carbocycles. The normalized spacial score (nSPS) is 15.2. The maximum absolute atomic E-state index is 2.63. The van der Waals surface area contributed by atoms with Crippen molar-refractivity contribution in [1.82, 2.24) is 0 Å². The zero-order valence-electron chi connectivity index (χ0n) is 37.0. The summed E-state index contributed by atoms with van der Waals surface area (Å²) in [6.45, 7) is 4.79. The fourth-order valence-corrected chi connectivity index (χ4v) is 13.2. The van der Waals surface area contributed by atoms with Crippen molar-refractivity contribution >= 4 is 17.1 Å². The second-order valence-corrected chi connectivity index (χ2v) is 19.0. The van der Waals surface area contributed by atoms with Crippen molar-refractivity contribution in [1.29, 1.82) is 0 Å². The minimum absolute atomic E-state index is 0.187. The monoisotopic (exact) mass is 839 g/mol. The minimum atomic E-state index is -0.667. The lowest BCUT2D eigenvalue weighted by molar-refractivity contribution is 0.633. The number of hydrogen-bond acceptors (Lipinski definition) is 1. The van der Waals surface area contributed by atoms with Crippen LogP contribution >= 0.6 is 0 Å². The second-order valence-electron chi connectivity index (χ2n) is 19.0. The summed E-state index contributed by atoms with van der Waals surface area (Å²) in [5, 5.41) is 0. The van der Waals surface area contributed by atoms with E-state index in [0.29, 0.717) is 0 Å². The van der Waals surface area contributed by atoms with Crippen molar-refractivity contribution in [2.24, 2.45) is 0 Å². The average molecular weight is 840 g/mol. The highest BCUT2D eigenvalue weighted by Crippen LogP contribution is 2.69. The molecular formula is C65H45N. The van der Waals surface area contributed by atoms with E-state index in [2.05, 4.69) is 255 Å². The molecule has 0 heterocycles. The molecule has 0 aliphatic heterocycles. The molecule has 310 valence electrons. The molecule has 14 rings (SSSR count). The molecule has 66 heavy (non-hydrogen) atoms. The van der Waals surface area contributed by atoms with Crippen LogP contribution in [0.2, 0.25) is 0 Å². The fraction of sp³-hybridized carbons (Fsp3) is 0.0769. The summed E-state index contributed by atoms with van der Waals surface area (Å²) in [5.74, 6) is 0.